The van der Waals surface area contributed by atoms with Crippen molar-refractivity contribution in [1.29, 1.82) is 0 Å². The third-order valence-corrected chi connectivity index (χ3v) is 3.73. The molecule has 5 nitrogen and oxygen atoms in total. The highest BCUT2D eigenvalue weighted by Crippen LogP contribution is 2.36. The van der Waals surface area contributed by atoms with E-state index < -0.39 is 12.1 Å². The largest absolute Gasteiger partial charge is 0.478 e. The van der Waals surface area contributed by atoms with Gasteiger partial charge in [0.05, 0.1) is 5.56 Å². The summed E-state index contributed by atoms with van der Waals surface area (Å²) in [6, 6.07) is 1.58. The normalized spacial score (nSPS) is 10.9. The van der Waals surface area contributed by atoms with Crippen LogP contribution in [-0.2, 0) is 10.2 Å². The third kappa shape index (κ3) is 4.10. The summed E-state index contributed by atoms with van der Waals surface area (Å²) < 4.78 is 4.77. The van der Waals surface area contributed by atoms with Crippen LogP contribution in [0, 0.1) is 0 Å². The lowest BCUT2D eigenvalue weighted by Gasteiger charge is -2.15. The Hall–Kier alpha value is -1.82. The molecule has 0 atom stereocenters. The number of nitrogens with one attached hydrogen (secondary N) is 1. The molecule has 0 unspecified atom stereocenters. The minimum absolute atomic E-state index is 0.0745. The number of carboxylic acids is 1. The van der Waals surface area contributed by atoms with Crippen molar-refractivity contribution in [1.82, 2.24) is 0 Å². The van der Waals surface area contributed by atoms with Crippen molar-refractivity contribution >= 4 is 28.4 Å². The van der Waals surface area contributed by atoms with E-state index in [1.54, 1.807) is 6.07 Å². The SMILES string of the molecule is C=CCOC(=O)Nc1sc(C(C)(C)C)cc1C(=O)O. The molecular formula is C13H17NO4S. The molecule has 6 heteroatoms. The van der Waals surface area contributed by atoms with Crippen molar-refractivity contribution in [2.45, 2.75) is 26.2 Å². The molecule has 1 aromatic heterocycles. The molecule has 1 amide bonds. The molecule has 0 aliphatic heterocycles. The molecule has 0 aliphatic carbocycles. The third-order valence-electron chi connectivity index (χ3n) is 2.25. The zero-order valence-electron chi connectivity index (χ0n) is 11.1. The Morgan fingerprint density at radius 3 is 2.63 bits per heavy atom. The Labute approximate surface area is 115 Å². The molecule has 1 rings (SSSR count). The summed E-state index contributed by atoms with van der Waals surface area (Å²) in [5.41, 5.74) is -0.106. The maximum absolute atomic E-state index is 11.4. The van der Waals surface area contributed by atoms with Crippen LogP contribution in [0.1, 0.15) is 36.0 Å². The van der Waals surface area contributed by atoms with Crippen molar-refractivity contribution in [3.8, 4) is 0 Å². The number of anilines is 1. The summed E-state index contributed by atoms with van der Waals surface area (Å²) in [7, 11) is 0. The lowest BCUT2D eigenvalue weighted by molar-refractivity contribution is 0.0698. The Kier molecular flexibility index (Phi) is 4.72. The first-order valence-electron chi connectivity index (χ1n) is 5.68. The number of carbonyl (C=O) groups excluding carboxylic acids is 1. The van der Waals surface area contributed by atoms with Crippen molar-refractivity contribution in [3.05, 3.63) is 29.2 Å². The highest BCUT2D eigenvalue weighted by molar-refractivity contribution is 7.16. The van der Waals surface area contributed by atoms with Gasteiger partial charge in [0.2, 0.25) is 0 Å². The molecule has 1 heterocycles. The summed E-state index contributed by atoms with van der Waals surface area (Å²) in [6.07, 6.45) is 0.747. The number of aromatic carboxylic acids is 1. The zero-order valence-corrected chi connectivity index (χ0v) is 12.0. The predicted octanol–water partition coefficient (Wildman–Crippen LogP) is 3.48. The maximum atomic E-state index is 11.4. The highest BCUT2D eigenvalue weighted by atomic mass is 32.1. The number of carboxylic acid groups (broad SMARTS) is 1. The van der Waals surface area contributed by atoms with Crippen molar-refractivity contribution in [2.75, 3.05) is 11.9 Å². The van der Waals surface area contributed by atoms with Gasteiger partial charge in [0, 0.05) is 4.88 Å². The monoisotopic (exact) mass is 283 g/mol. The molecule has 0 radical (unpaired) electrons. The van der Waals surface area contributed by atoms with Crippen LogP contribution in [0.25, 0.3) is 0 Å². The molecule has 0 aliphatic rings. The van der Waals surface area contributed by atoms with E-state index in [1.807, 2.05) is 20.8 Å². The van der Waals surface area contributed by atoms with Gasteiger partial charge in [0.1, 0.15) is 11.6 Å². The Morgan fingerprint density at radius 2 is 2.16 bits per heavy atom. The van der Waals surface area contributed by atoms with E-state index in [4.69, 9.17) is 9.84 Å². The molecule has 2 N–H and O–H groups in total. The molecule has 19 heavy (non-hydrogen) atoms. The summed E-state index contributed by atoms with van der Waals surface area (Å²) in [6.45, 7) is 9.43. The van der Waals surface area contributed by atoms with Crippen LogP contribution in [0.15, 0.2) is 18.7 Å². The van der Waals surface area contributed by atoms with Gasteiger partial charge in [-0.1, -0.05) is 33.4 Å². The van der Waals surface area contributed by atoms with Gasteiger partial charge < -0.3 is 9.84 Å². The van der Waals surface area contributed by atoms with Crippen LogP contribution in [0.4, 0.5) is 9.80 Å². The Balaban J connectivity index is 2.99. The fourth-order valence-electron chi connectivity index (χ4n) is 1.28. The van der Waals surface area contributed by atoms with Crippen LogP contribution in [0.5, 0.6) is 0 Å². The van der Waals surface area contributed by atoms with E-state index in [0.29, 0.717) is 0 Å². The molecule has 0 bridgehead atoms. The second-order valence-electron chi connectivity index (χ2n) is 4.92. The van der Waals surface area contributed by atoms with Gasteiger partial charge in [-0.05, 0) is 11.5 Å². The van der Waals surface area contributed by atoms with Gasteiger partial charge in [-0.25, -0.2) is 9.59 Å². The fourth-order valence-corrected chi connectivity index (χ4v) is 2.37. The summed E-state index contributed by atoms with van der Waals surface area (Å²) in [5, 5.41) is 11.9. The standard InChI is InChI=1S/C13H17NO4S/c1-5-6-18-12(17)14-10-8(11(15)16)7-9(19-10)13(2,3)4/h5,7H,1,6H2,2-4H3,(H,14,17)(H,15,16). The fraction of sp³-hybridized carbons (Fsp3) is 0.385. The van der Waals surface area contributed by atoms with E-state index in [9.17, 15) is 9.59 Å². The number of amides is 1. The second kappa shape index (κ2) is 5.88. The molecule has 104 valence electrons. The van der Waals surface area contributed by atoms with Crippen LogP contribution < -0.4 is 5.32 Å². The smallest absolute Gasteiger partial charge is 0.412 e. The molecule has 0 saturated heterocycles. The Bertz CT molecular complexity index is 499. The summed E-state index contributed by atoms with van der Waals surface area (Å²) in [5.74, 6) is -1.08. The molecular weight excluding hydrogens is 266 g/mol. The number of carbonyl (C=O) groups is 2. The molecule has 0 fully saturated rings. The van der Waals surface area contributed by atoms with Gasteiger partial charge in [0.15, 0.2) is 0 Å². The van der Waals surface area contributed by atoms with E-state index in [2.05, 4.69) is 11.9 Å². The van der Waals surface area contributed by atoms with Gasteiger partial charge in [-0.3, -0.25) is 5.32 Å². The first-order chi connectivity index (χ1) is 8.75. The highest BCUT2D eigenvalue weighted by Gasteiger charge is 2.23. The lowest BCUT2D eigenvalue weighted by Crippen LogP contribution is -2.14. The Morgan fingerprint density at radius 1 is 1.53 bits per heavy atom. The van der Waals surface area contributed by atoms with Crippen molar-refractivity contribution in [2.24, 2.45) is 0 Å². The average molecular weight is 283 g/mol. The summed E-state index contributed by atoms with van der Waals surface area (Å²) >= 11 is 1.24. The lowest BCUT2D eigenvalue weighted by atomic mass is 9.94. The summed E-state index contributed by atoms with van der Waals surface area (Å²) in [4.78, 5) is 23.5. The maximum Gasteiger partial charge on any atom is 0.412 e. The number of rotatable bonds is 4. The molecule has 0 saturated carbocycles. The van der Waals surface area contributed by atoms with E-state index >= 15 is 0 Å². The molecule has 1 aromatic rings. The van der Waals surface area contributed by atoms with Crippen LogP contribution in [-0.4, -0.2) is 23.8 Å². The van der Waals surface area contributed by atoms with Crippen LogP contribution in [0.2, 0.25) is 0 Å². The number of hydrogen-bond donors (Lipinski definition) is 2. The van der Waals surface area contributed by atoms with Crippen molar-refractivity contribution in [3.63, 3.8) is 0 Å². The van der Waals surface area contributed by atoms with Crippen molar-refractivity contribution < 1.29 is 19.4 Å². The average Bonchev–Trinajstić information content (AvgIpc) is 2.70. The minimum Gasteiger partial charge on any atom is -0.478 e. The van der Waals surface area contributed by atoms with E-state index in [-0.39, 0.29) is 22.6 Å². The number of hydrogen-bond acceptors (Lipinski definition) is 4. The minimum atomic E-state index is -1.08. The van der Waals surface area contributed by atoms with Gasteiger partial charge >= 0.3 is 12.1 Å². The van der Waals surface area contributed by atoms with Gasteiger partial charge in [0.25, 0.3) is 0 Å². The predicted molar refractivity (Wildman–Crippen MR) is 75.1 cm³/mol. The first-order valence-corrected chi connectivity index (χ1v) is 6.49. The molecule has 0 spiro atoms. The second-order valence-corrected chi connectivity index (χ2v) is 5.97. The number of ether oxygens (including phenoxy) is 1. The van der Waals surface area contributed by atoms with Gasteiger partial charge in [-0.2, -0.15) is 0 Å². The van der Waals surface area contributed by atoms with Crippen LogP contribution in [0.3, 0.4) is 0 Å². The topological polar surface area (TPSA) is 75.6 Å². The molecule has 0 aromatic carbocycles. The van der Waals surface area contributed by atoms with E-state index in [1.165, 1.54) is 17.4 Å². The van der Waals surface area contributed by atoms with Crippen LogP contribution >= 0.6 is 11.3 Å². The van der Waals surface area contributed by atoms with Gasteiger partial charge in [-0.15, -0.1) is 11.3 Å². The van der Waals surface area contributed by atoms with E-state index in [0.717, 1.165) is 4.88 Å². The zero-order chi connectivity index (χ0) is 14.6. The first kappa shape index (κ1) is 15.2. The quantitative estimate of drug-likeness (QED) is 0.829. The number of thiophene rings is 1.